The van der Waals surface area contributed by atoms with Gasteiger partial charge in [0.15, 0.2) is 17.9 Å². The Morgan fingerprint density at radius 3 is 3.00 bits per heavy atom. The van der Waals surface area contributed by atoms with E-state index in [4.69, 9.17) is 11.2 Å². The molecule has 1 aromatic carbocycles. The molecule has 0 spiro atoms. The van der Waals surface area contributed by atoms with Crippen molar-refractivity contribution in [2.75, 3.05) is 0 Å². The number of Topliss-reactive ketones (excluding diaryl/α,β-unsaturated/α-hetero) is 2. The maximum atomic E-state index is 12.2. The second-order valence-corrected chi connectivity index (χ2v) is 5.92. The molecule has 0 unspecified atom stereocenters. The van der Waals surface area contributed by atoms with E-state index < -0.39 is 12.9 Å². The van der Waals surface area contributed by atoms with Crippen molar-refractivity contribution in [2.45, 2.75) is 32.1 Å². The number of hydrogen-bond acceptors (Lipinski definition) is 6. The SMILES string of the molecule is [C-]#[N+]c1ncn(CC(=O)C[C@H]2Cc3cccc(C(C)=O)c3OB2O)n1. The molecule has 0 amide bonds. The van der Waals surface area contributed by atoms with E-state index in [9.17, 15) is 14.6 Å². The second kappa shape index (κ2) is 6.87. The Bertz CT molecular complexity index is 873. The van der Waals surface area contributed by atoms with Gasteiger partial charge >= 0.3 is 13.1 Å². The first kappa shape index (κ1) is 16.9. The zero-order valence-corrected chi connectivity index (χ0v) is 13.5. The summed E-state index contributed by atoms with van der Waals surface area (Å²) in [6, 6.07) is 5.24. The van der Waals surface area contributed by atoms with Gasteiger partial charge in [0.1, 0.15) is 12.3 Å². The normalized spacial score (nSPS) is 15.9. The van der Waals surface area contributed by atoms with Crippen LogP contribution in [0.2, 0.25) is 5.82 Å². The lowest BCUT2D eigenvalue weighted by atomic mass is 9.64. The summed E-state index contributed by atoms with van der Waals surface area (Å²) in [6.07, 6.45) is 1.86. The van der Waals surface area contributed by atoms with E-state index in [-0.39, 0.29) is 30.5 Å². The van der Waals surface area contributed by atoms with E-state index in [1.165, 1.54) is 17.9 Å². The third-order valence-corrected chi connectivity index (χ3v) is 4.05. The van der Waals surface area contributed by atoms with Gasteiger partial charge in [-0.25, -0.2) is 0 Å². The summed E-state index contributed by atoms with van der Waals surface area (Å²) in [7, 11) is -1.16. The number of carbonyl (C=O) groups is 2. The van der Waals surface area contributed by atoms with Crippen LogP contribution in [-0.2, 0) is 17.8 Å². The number of nitrogens with zero attached hydrogens (tertiary/aromatic N) is 4. The van der Waals surface area contributed by atoms with E-state index in [1.54, 1.807) is 12.1 Å². The molecule has 3 rings (SSSR count). The van der Waals surface area contributed by atoms with Gasteiger partial charge in [-0.3, -0.25) is 9.59 Å². The van der Waals surface area contributed by atoms with Crippen molar-refractivity contribution in [3.63, 3.8) is 0 Å². The van der Waals surface area contributed by atoms with Gasteiger partial charge in [-0.15, -0.1) is 11.6 Å². The molecule has 25 heavy (non-hydrogen) atoms. The van der Waals surface area contributed by atoms with Crippen LogP contribution in [0, 0.1) is 6.57 Å². The second-order valence-electron chi connectivity index (χ2n) is 5.92. The highest BCUT2D eigenvalue weighted by atomic mass is 16.5. The Balaban J connectivity index is 1.70. The zero-order valence-electron chi connectivity index (χ0n) is 13.5. The standard InChI is InChI=1S/C16H15BN4O4/c1-10(22)14-5-3-4-11-6-12(17(24)25-15(11)14)7-13(23)8-21-9-19-16(18-2)20-21/h3-5,9,12,24H,6-8H2,1H3/t12-/m1/s1. The molecule has 0 saturated heterocycles. The molecule has 1 N–H and O–H groups in total. The Hall–Kier alpha value is -2.99. The molecular weight excluding hydrogens is 323 g/mol. The summed E-state index contributed by atoms with van der Waals surface area (Å²) in [5.41, 5.74) is 1.22. The van der Waals surface area contributed by atoms with E-state index in [0.717, 1.165) is 5.56 Å². The summed E-state index contributed by atoms with van der Waals surface area (Å²) in [5, 5.41) is 14.1. The Labute approximate surface area is 144 Å². The monoisotopic (exact) mass is 338 g/mol. The molecule has 126 valence electrons. The van der Waals surface area contributed by atoms with Gasteiger partial charge in [0.2, 0.25) is 0 Å². The van der Waals surface area contributed by atoms with Crippen LogP contribution in [0.4, 0.5) is 5.95 Å². The number of rotatable bonds is 5. The largest absolute Gasteiger partial charge is 0.535 e. The number of carbonyl (C=O) groups excluding carboxylic acids is 2. The summed E-state index contributed by atoms with van der Waals surface area (Å²) in [6.45, 7) is 8.24. The summed E-state index contributed by atoms with van der Waals surface area (Å²) in [4.78, 5) is 30.7. The molecule has 1 atom stereocenters. The lowest BCUT2D eigenvalue weighted by Crippen LogP contribution is -2.36. The molecular formula is C16H15BN4O4. The van der Waals surface area contributed by atoms with E-state index >= 15 is 0 Å². The lowest BCUT2D eigenvalue weighted by molar-refractivity contribution is -0.120. The third kappa shape index (κ3) is 3.59. The van der Waals surface area contributed by atoms with Gasteiger partial charge in [-0.1, -0.05) is 17.2 Å². The molecule has 0 bridgehead atoms. The molecule has 0 radical (unpaired) electrons. The Morgan fingerprint density at radius 1 is 1.52 bits per heavy atom. The fraction of sp³-hybridized carbons (Fsp3) is 0.312. The first-order valence-electron chi connectivity index (χ1n) is 7.74. The Morgan fingerprint density at radius 2 is 2.32 bits per heavy atom. The molecule has 1 aliphatic heterocycles. The lowest BCUT2D eigenvalue weighted by Gasteiger charge is -2.28. The molecule has 1 aromatic heterocycles. The van der Waals surface area contributed by atoms with Crippen LogP contribution >= 0.6 is 0 Å². The van der Waals surface area contributed by atoms with E-state index in [1.807, 2.05) is 6.07 Å². The summed E-state index contributed by atoms with van der Waals surface area (Å²) in [5.74, 6) is -0.324. The van der Waals surface area contributed by atoms with E-state index in [2.05, 4.69) is 14.9 Å². The number of ketones is 2. The van der Waals surface area contributed by atoms with Crippen LogP contribution < -0.4 is 4.65 Å². The smallest absolute Gasteiger partial charge is 0.526 e. The van der Waals surface area contributed by atoms with Gasteiger partial charge in [0.25, 0.3) is 0 Å². The minimum Gasteiger partial charge on any atom is -0.535 e. The molecule has 0 saturated carbocycles. The maximum Gasteiger partial charge on any atom is 0.526 e. The molecule has 0 aliphatic carbocycles. The van der Waals surface area contributed by atoms with Crippen LogP contribution in [0.1, 0.15) is 29.3 Å². The quantitative estimate of drug-likeness (QED) is 0.504. The van der Waals surface area contributed by atoms with Crippen LogP contribution in [0.5, 0.6) is 5.75 Å². The van der Waals surface area contributed by atoms with E-state index in [0.29, 0.717) is 17.7 Å². The van der Waals surface area contributed by atoms with Gasteiger partial charge < -0.3 is 14.5 Å². The number of fused-ring (bicyclic) bond motifs is 1. The van der Waals surface area contributed by atoms with Crippen molar-refractivity contribution < 1.29 is 19.3 Å². The van der Waals surface area contributed by atoms with Gasteiger partial charge in [0, 0.05) is 12.2 Å². The average Bonchev–Trinajstić information content (AvgIpc) is 3.02. The highest BCUT2D eigenvalue weighted by Crippen LogP contribution is 2.36. The number of para-hydroxylation sites is 1. The van der Waals surface area contributed by atoms with Crippen LogP contribution in [-0.4, -0.2) is 38.5 Å². The molecule has 2 aromatic rings. The number of aromatic nitrogens is 3. The van der Waals surface area contributed by atoms with Gasteiger partial charge in [0.05, 0.1) is 5.56 Å². The maximum absolute atomic E-state index is 12.2. The first-order chi connectivity index (χ1) is 12.0. The average molecular weight is 338 g/mol. The van der Waals surface area contributed by atoms with Crippen molar-refractivity contribution in [2.24, 2.45) is 0 Å². The predicted molar refractivity (Wildman–Crippen MR) is 88.4 cm³/mol. The van der Waals surface area contributed by atoms with Crippen LogP contribution in [0.3, 0.4) is 0 Å². The van der Waals surface area contributed by atoms with Gasteiger partial charge in [-0.05, 0) is 25.0 Å². The van der Waals surface area contributed by atoms with Crippen molar-refractivity contribution in [3.05, 3.63) is 47.1 Å². The molecule has 1 aliphatic rings. The predicted octanol–water partition coefficient (Wildman–Crippen LogP) is 1.48. The minimum absolute atomic E-state index is 0.0143. The fourth-order valence-electron chi connectivity index (χ4n) is 2.89. The summed E-state index contributed by atoms with van der Waals surface area (Å²) >= 11 is 0. The van der Waals surface area contributed by atoms with Crippen molar-refractivity contribution in [1.82, 2.24) is 14.8 Å². The molecule has 0 fully saturated rings. The van der Waals surface area contributed by atoms with Crippen LogP contribution in [0.15, 0.2) is 24.5 Å². The number of benzene rings is 1. The molecule has 9 heteroatoms. The number of hydrogen-bond donors (Lipinski definition) is 1. The van der Waals surface area contributed by atoms with Crippen molar-refractivity contribution in [3.8, 4) is 5.75 Å². The van der Waals surface area contributed by atoms with Crippen molar-refractivity contribution >= 4 is 24.6 Å². The van der Waals surface area contributed by atoms with Crippen LogP contribution in [0.25, 0.3) is 4.85 Å². The molecule has 2 heterocycles. The third-order valence-electron chi connectivity index (χ3n) is 4.05. The highest BCUT2D eigenvalue weighted by Gasteiger charge is 2.37. The van der Waals surface area contributed by atoms with Crippen molar-refractivity contribution in [1.29, 1.82) is 0 Å². The first-order valence-corrected chi connectivity index (χ1v) is 7.74. The topological polar surface area (TPSA) is 98.7 Å². The minimum atomic E-state index is -1.16. The highest BCUT2D eigenvalue weighted by molar-refractivity contribution is 6.47. The molecule has 8 nitrogen and oxygen atoms in total. The zero-order chi connectivity index (χ0) is 18.0. The summed E-state index contributed by atoms with van der Waals surface area (Å²) < 4.78 is 6.82. The fourth-order valence-corrected chi connectivity index (χ4v) is 2.89. The Kier molecular flexibility index (Phi) is 4.63. The van der Waals surface area contributed by atoms with Gasteiger partial charge in [-0.2, -0.15) is 4.68 Å².